The zero-order valence-corrected chi connectivity index (χ0v) is 13.1. The van der Waals surface area contributed by atoms with Crippen LogP contribution in [0.3, 0.4) is 0 Å². The van der Waals surface area contributed by atoms with Gasteiger partial charge in [0, 0.05) is 5.92 Å². The number of ether oxygens (including phenoxy) is 2. The Labute approximate surface area is 135 Å². The molecule has 1 aliphatic heterocycles. The van der Waals surface area contributed by atoms with E-state index in [2.05, 4.69) is 0 Å². The molecule has 0 aliphatic carbocycles. The van der Waals surface area contributed by atoms with Gasteiger partial charge in [-0.1, -0.05) is 24.3 Å². The molecule has 1 heterocycles. The number of benzene rings is 2. The topological polar surface area (TPSA) is 55.8 Å². The number of phenols is 1. The summed E-state index contributed by atoms with van der Waals surface area (Å²) in [6.45, 7) is 0.453. The summed E-state index contributed by atoms with van der Waals surface area (Å²) in [6.07, 6.45) is 1.38. The number of aromatic hydroxyl groups is 1. The van der Waals surface area contributed by atoms with Gasteiger partial charge in [0.05, 0.1) is 19.6 Å². The molecule has 4 heteroatoms. The van der Waals surface area contributed by atoms with E-state index in [4.69, 9.17) is 9.47 Å². The largest absolute Gasteiger partial charge is 0.508 e. The van der Waals surface area contributed by atoms with Crippen LogP contribution in [0.15, 0.2) is 48.5 Å². The first kappa shape index (κ1) is 15.4. The van der Waals surface area contributed by atoms with Crippen molar-refractivity contribution in [1.82, 2.24) is 0 Å². The minimum absolute atomic E-state index is 0.146. The normalized spacial score (nSPS) is 20.3. The number of carbonyl (C=O) groups excluding carboxylic acids is 1. The average molecular weight is 312 g/mol. The second-order valence-corrected chi connectivity index (χ2v) is 5.92. The lowest BCUT2D eigenvalue weighted by atomic mass is 9.85. The molecule has 3 rings (SSSR count). The molecule has 1 fully saturated rings. The van der Waals surface area contributed by atoms with Gasteiger partial charge in [-0.15, -0.1) is 0 Å². The molecule has 0 saturated carbocycles. The van der Waals surface area contributed by atoms with E-state index in [9.17, 15) is 9.90 Å². The van der Waals surface area contributed by atoms with E-state index >= 15 is 0 Å². The molecular formula is C19H20O4. The van der Waals surface area contributed by atoms with Gasteiger partial charge in [-0.05, 0) is 48.2 Å². The third-order valence-electron chi connectivity index (χ3n) is 4.33. The number of esters is 1. The summed E-state index contributed by atoms with van der Waals surface area (Å²) < 4.78 is 10.4. The Morgan fingerprint density at radius 2 is 1.91 bits per heavy atom. The van der Waals surface area contributed by atoms with E-state index in [1.54, 1.807) is 25.3 Å². The van der Waals surface area contributed by atoms with Crippen molar-refractivity contribution in [2.75, 3.05) is 13.7 Å². The molecule has 4 nitrogen and oxygen atoms in total. The van der Waals surface area contributed by atoms with Crippen LogP contribution in [0.2, 0.25) is 0 Å². The fourth-order valence-electron chi connectivity index (χ4n) is 3.06. The molecule has 120 valence electrons. The fourth-order valence-corrected chi connectivity index (χ4v) is 3.06. The highest BCUT2D eigenvalue weighted by Crippen LogP contribution is 2.30. The first-order valence-electron chi connectivity index (χ1n) is 7.73. The average Bonchev–Trinajstić information content (AvgIpc) is 2.89. The number of phenolic OH excluding ortho intramolecular Hbond substituents is 1. The van der Waals surface area contributed by atoms with Crippen LogP contribution in [0, 0.1) is 11.8 Å². The monoisotopic (exact) mass is 312 g/mol. The summed E-state index contributed by atoms with van der Waals surface area (Å²) in [5, 5.41) is 9.58. The maximum absolute atomic E-state index is 12.1. The van der Waals surface area contributed by atoms with E-state index in [1.165, 1.54) is 0 Å². The number of methoxy groups -OCH3 is 1. The Morgan fingerprint density at radius 1 is 1.13 bits per heavy atom. The van der Waals surface area contributed by atoms with Gasteiger partial charge in [0.25, 0.3) is 0 Å². The Bertz CT molecular complexity index is 678. The van der Waals surface area contributed by atoms with Crippen molar-refractivity contribution in [3.8, 4) is 11.5 Å². The van der Waals surface area contributed by atoms with Crippen LogP contribution in [-0.4, -0.2) is 24.8 Å². The Hall–Kier alpha value is -2.49. The van der Waals surface area contributed by atoms with E-state index in [-0.39, 0.29) is 23.6 Å². The maximum Gasteiger partial charge on any atom is 0.309 e. The van der Waals surface area contributed by atoms with Gasteiger partial charge in [-0.3, -0.25) is 4.79 Å². The summed E-state index contributed by atoms with van der Waals surface area (Å²) in [4.78, 5) is 12.1. The van der Waals surface area contributed by atoms with Crippen molar-refractivity contribution in [2.45, 2.75) is 12.8 Å². The van der Waals surface area contributed by atoms with Gasteiger partial charge in [0.1, 0.15) is 11.5 Å². The van der Waals surface area contributed by atoms with Crippen LogP contribution in [-0.2, 0) is 22.4 Å². The minimum Gasteiger partial charge on any atom is -0.508 e. The Morgan fingerprint density at radius 3 is 2.61 bits per heavy atom. The molecule has 1 aliphatic rings. The smallest absolute Gasteiger partial charge is 0.309 e. The highest BCUT2D eigenvalue weighted by Gasteiger charge is 2.36. The lowest BCUT2D eigenvalue weighted by Gasteiger charge is -2.15. The van der Waals surface area contributed by atoms with Crippen molar-refractivity contribution in [1.29, 1.82) is 0 Å². The highest BCUT2D eigenvalue weighted by molar-refractivity contribution is 5.75. The summed E-state index contributed by atoms with van der Waals surface area (Å²) in [5.41, 5.74) is 2.11. The number of rotatable bonds is 5. The van der Waals surface area contributed by atoms with E-state index in [0.717, 1.165) is 23.3 Å². The van der Waals surface area contributed by atoms with Crippen LogP contribution in [0.25, 0.3) is 0 Å². The van der Waals surface area contributed by atoms with E-state index in [0.29, 0.717) is 13.0 Å². The molecule has 2 aromatic carbocycles. The second-order valence-electron chi connectivity index (χ2n) is 5.92. The van der Waals surface area contributed by atoms with Crippen molar-refractivity contribution < 1.29 is 19.4 Å². The zero-order valence-electron chi connectivity index (χ0n) is 13.1. The maximum atomic E-state index is 12.1. The van der Waals surface area contributed by atoms with Crippen LogP contribution in [0.1, 0.15) is 11.1 Å². The predicted octanol–water partition coefficient (Wildman–Crippen LogP) is 2.98. The number of carbonyl (C=O) groups is 1. The molecule has 2 aromatic rings. The molecule has 0 spiro atoms. The van der Waals surface area contributed by atoms with Crippen LogP contribution >= 0.6 is 0 Å². The SMILES string of the molecule is COc1ccc(CC2COC(=O)C2Cc2cccc(O)c2)cc1. The number of cyclic esters (lactones) is 1. The Kier molecular flexibility index (Phi) is 4.51. The summed E-state index contributed by atoms with van der Waals surface area (Å²) in [5.74, 6) is 0.883. The van der Waals surface area contributed by atoms with Gasteiger partial charge in [0.15, 0.2) is 0 Å². The van der Waals surface area contributed by atoms with Crippen LogP contribution in [0.4, 0.5) is 0 Å². The van der Waals surface area contributed by atoms with Gasteiger partial charge in [0.2, 0.25) is 0 Å². The first-order valence-corrected chi connectivity index (χ1v) is 7.73. The summed E-state index contributed by atoms with van der Waals surface area (Å²) in [6, 6.07) is 15.0. The minimum atomic E-state index is -0.168. The standard InChI is InChI=1S/C19H20O4/c1-22-17-7-5-13(6-8-17)9-15-12-23-19(21)18(15)11-14-3-2-4-16(20)10-14/h2-8,10,15,18,20H,9,11-12H2,1H3. The molecule has 23 heavy (non-hydrogen) atoms. The third kappa shape index (κ3) is 3.65. The molecule has 0 radical (unpaired) electrons. The molecule has 2 atom stereocenters. The zero-order chi connectivity index (χ0) is 16.2. The van der Waals surface area contributed by atoms with Gasteiger partial charge in [-0.2, -0.15) is 0 Å². The Balaban J connectivity index is 1.71. The summed E-state index contributed by atoms with van der Waals surface area (Å²) >= 11 is 0. The van der Waals surface area contributed by atoms with Crippen molar-refractivity contribution >= 4 is 5.97 Å². The van der Waals surface area contributed by atoms with Gasteiger partial charge in [-0.25, -0.2) is 0 Å². The van der Waals surface area contributed by atoms with Crippen molar-refractivity contribution in [3.63, 3.8) is 0 Å². The predicted molar refractivity (Wildman–Crippen MR) is 86.4 cm³/mol. The van der Waals surface area contributed by atoms with Gasteiger partial charge >= 0.3 is 5.97 Å². The van der Waals surface area contributed by atoms with Crippen molar-refractivity contribution in [3.05, 3.63) is 59.7 Å². The van der Waals surface area contributed by atoms with E-state index in [1.807, 2.05) is 30.3 Å². The first-order chi connectivity index (χ1) is 11.2. The third-order valence-corrected chi connectivity index (χ3v) is 4.33. The van der Waals surface area contributed by atoms with E-state index < -0.39 is 0 Å². The lowest BCUT2D eigenvalue weighted by Crippen LogP contribution is -2.20. The molecule has 0 bridgehead atoms. The van der Waals surface area contributed by atoms with Crippen molar-refractivity contribution in [2.24, 2.45) is 11.8 Å². The molecule has 2 unspecified atom stereocenters. The highest BCUT2D eigenvalue weighted by atomic mass is 16.5. The van der Waals surface area contributed by atoms with Crippen LogP contribution < -0.4 is 4.74 Å². The lowest BCUT2D eigenvalue weighted by molar-refractivity contribution is -0.141. The molecule has 1 N–H and O–H groups in total. The van der Waals surface area contributed by atoms with Gasteiger partial charge < -0.3 is 14.6 Å². The molecule has 0 aromatic heterocycles. The fraction of sp³-hybridized carbons (Fsp3) is 0.316. The summed E-state index contributed by atoms with van der Waals surface area (Å²) in [7, 11) is 1.64. The molecule has 1 saturated heterocycles. The van der Waals surface area contributed by atoms with Crippen LogP contribution in [0.5, 0.6) is 11.5 Å². The number of hydrogen-bond acceptors (Lipinski definition) is 4. The second kappa shape index (κ2) is 6.73. The molecular weight excluding hydrogens is 292 g/mol. The molecule has 0 amide bonds. The quantitative estimate of drug-likeness (QED) is 0.862. The number of hydrogen-bond donors (Lipinski definition) is 1.